The lowest BCUT2D eigenvalue weighted by Crippen LogP contribution is -2.59. The second-order valence-corrected chi connectivity index (χ2v) is 4.77. The van der Waals surface area contributed by atoms with E-state index in [-0.39, 0.29) is 12.4 Å². The predicted octanol–water partition coefficient (Wildman–Crippen LogP) is -0.385. The molecule has 2 rings (SSSR count). The van der Waals surface area contributed by atoms with Gasteiger partial charge in [0.15, 0.2) is 6.29 Å². The van der Waals surface area contributed by atoms with Crippen molar-refractivity contribution in [2.45, 2.75) is 37.6 Å². The summed E-state index contributed by atoms with van der Waals surface area (Å²) >= 11 is 0. The average molecular weight is 300 g/mol. The standard InChI is InChI=1S/C14H20O7/c1-2-19-14-13(18)12(17)11(16)10(21-14)7-20-9-5-3-8(15)4-6-9/h3-6,10-18H,2,7H2,1H3/t10-,11-,12+,13-,14-/m1/s1. The second kappa shape index (κ2) is 7.06. The maximum absolute atomic E-state index is 9.91. The summed E-state index contributed by atoms with van der Waals surface area (Å²) in [6.07, 6.45) is -5.82. The summed E-state index contributed by atoms with van der Waals surface area (Å²) in [5.74, 6) is 0.600. The number of phenols is 1. The topological polar surface area (TPSA) is 109 Å². The third-order valence-corrected chi connectivity index (χ3v) is 3.25. The minimum atomic E-state index is -1.37. The largest absolute Gasteiger partial charge is 0.508 e. The Bertz CT molecular complexity index is 435. The summed E-state index contributed by atoms with van der Waals surface area (Å²) in [7, 11) is 0. The zero-order valence-electron chi connectivity index (χ0n) is 11.6. The number of aromatic hydroxyl groups is 1. The molecule has 0 aromatic heterocycles. The molecule has 5 atom stereocenters. The van der Waals surface area contributed by atoms with Crippen molar-refractivity contribution < 1.29 is 34.6 Å². The summed E-state index contributed by atoms with van der Waals surface area (Å²) < 4.78 is 16.0. The third kappa shape index (κ3) is 3.84. The number of hydrogen-bond donors (Lipinski definition) is 4. The number of ether oxygens (including phenoxy) is 3. The highest BCUT2D eigenvalue weighted by molar-refractivity contribution is 5.30. The molecule has 0 aliphatic carbocycles. The smallest absolute Gasteiger partial charge is 0.186 e. The van der Waals surface area contributed by atoms with Crippen LogP contribution in [0.4, 0.5) is 0 Å². The van der Waals surface area contributed by atoms with Gasteiger partial charge in [-0.3, -0.25) is 0 Å². The molecule has 1 saturated heterocycles. The van der Waals surface area contributed by atoms with Crippen LogP contribution in [0.15, 0.2) is 24.3 Å². The lowest BCUT2D eigenvalue weighted by Gasteiger charge is -2.39. The van der Waals surface area contributed by atoms with E-state index in [1.807, 2.05) is 0 Å². The molecule has 0 bridgehead atoms. The Morgan fingerprint density at radius 1 is 1.05 bits per heavy atom. The van der Waals surface area contributed by atoms with E-state index in [0.717, 1.165) is 0 Å². The second-order valence-electron chi connectivity index (χ2n) is 4.77. The van der Waals surface area contributed by atoms with Gasteiger partial charge in [-0.2, -0.15) is 0 Å². The van der Waals surface area contributed by atoms with E-state index < -0.39 is 30.7 Å². The van der Waals surface area contributed by atoms with Crippen LogP contribution >= 0.6 is 0 Å². The molecule has 0 amide bonds. The lowest BCUT2D eigenvalue weighted by atomic mass is 9.99. The van der Waals surface area contributed by atoms with E-state index in [4.69, 9.17) is 14.2 Å². The van der Waals surface area contributed by atoms with Crippen LogP contribution in [0.25, 0.3) is 0 Å². The molecule has 1 heterocycles. The minimum Gasteiger partial charge on any atom is -0.508 e. The van der Waals surface area contributed by atoms with Gasteiger partial charge in [-0.1, -0.05) is 0 Å². The van der Waals surface area contributed by atoms with Gasteiger partial charge in [0, 0.05) is 6.61 Å². The maximum Gasteiger partial charge on any atom is 0.186 e. The van der Waals surface area contributed by atoms with E-state index in [1.165, 1.54) is 12.1 Å². The quantitative estimate of drug-likeness (QED) is 0.586. The van der Waals surface area contributed by atoms with Crippen LogP contribution in [-0.2, 0) is 9.47 Å². The van der Waals surface area contributed by atoms with Gasteiger partial charge in [0.25, 0.3) is 0 Å². The summed E-state index contributed by atoms with van der Waals surface area (Å²) in [5.41, 5.74) is 0. The Labute approximate surface area is 122 Å². The van der Waals surface area contributed by atoms with E-state index in [2.05, 4.69) is 0 Å². The Hall–Kier alpha value is -1.38. The summed E-state index contributed by atoms with van der Waals surface area (Å²) in [4.78, 5) is 0. The summed E-state index contributed by atoms with van der Waals surface area (Å²) in [6.45, 7) is 2.00. The molecule has 0 spiro atoms. The fourth-order valence-electron chi connectivity index (χ4n) is 2.08. The van der Waals surface area contributed by atoms with Gasteiger partial charge in [-0.15, -0.1) is 0 Å². The molecule has 4 N–H and O–H groups in total. The number of rotatable bonds is 5. The lowest BCUT2D eigenvalue weighted by molar-refractivity contribution is -0.298. The molecule has 1 fully saturated rings. The summed E-state index contributed by atoms with van der Waals surface area (Å²) in [5, 5.41) is 38.6. The molecule has 21 heavy (non-hydrogen) atoms. The molecular weight excluding hydrogens is 280 g/mol. The first kappa shape index (κ1) is 16.0. The molecule has 118 valence electrons. The van der Waals surface area contributed by atoms with Crippen LogP contribution in [0.5, 0.6) is 11.5 Å². The number of hydrogen-bond acceptors (Lipinski definition) is 7. The van der Waals surface area contributed by atoms with Crippen LogP contribution in [0.2, 0.25) is 0 Å². The molecule has 1 aliphatic rings. The predicted molar refractivity (Wildman–Crippen MR) is 71.9 cm³/mol. The zero-order chi connectivity index (χ0) is 15.4. The minimum absolute atomic E-state index is 0.0285. The zero-order valence-corrected chi connectivity index (χ0v) is 11.6. The molecule has 0 unspecified atom stereocenters. The van der Waals surface area contributed by atoms with E-state index in [1.54, 1.807) is 19.1 Å². The van der Waals surface area contributed by atoms with E-state index >= 15 is 0 Å². The molecule has 1 aromatic rings. The Kier molecular flexibility index (Phi) is 5.38. The first-order chi connectivity index (χ1) is 10.0. The molecule has 0 radical (unpaired) electrons. The molecule has 7 heteroatoms. The number of benzene rings is 1. The van der Waals surface area contributed by atoms with Crippen molar-refractivity contribution >= 4 is 0 Å². The molecule has 7 nitrogen and oxygen atoms in total. The first-order valence-corrected chi connectivity index (χ1v) is 6.76. The first-order valence-electron chi connectivity index (χ1n) is 6.76. The van der Waals surface area contributed by atoms with Gasteiger partial charge in [-0.25, -0.2) is 0 Å². The monoisotopic (exact) mass is 300 g/mol. The highest BCUT2D eigenvalue weighted by Gasteiger charge is 2.44. The molecule has 1 aromatic carbocycles. The van der Waals surface area contributed by atoms with Crippen molar-refractivity contribution in [2.75, 3.05) is 13.2 Å². The number of aliphatic hydroxyl groups excluding tert-OH is 3. The third-order valence-electron chi connectivity index (χ3n) is 3.25. The number of phenolic OH excluding ortho intramolecular Hbond substituents is 1. The van der Waals surface area contributed by atoms with Crippen LogP contribution < -0.4 is 4.74 Å². The van der Waals surface area contributed by atoms with Gasteiger partial charge < -0.3 is 34.6 Å². The highest BCUT2D eigenvalue weighted by Crippen LogP contribution is 2.23. The van der Waals surface area contributed by atoms with Crippen molar-refractivity contribution in [1.82, 2.24) is 0 Å². The van der Waals surface area contributed by atoms with Crippen LogP contribution in [0.1, 0.15) is 6.92 Å². The van der Waals surface area contributed by atoms with Gasteiger partial charge >= 0.3 is 0 Å². The van der Waals surface area contributed by atoms with Gasteiger partial charge in [-0.05, 0) is 31.2 Å². The van der Waals surface area contributed by atoms with E-state index in [0.29, 0.717) is 12.4 Å². The van der Waals surface area contributed by atoms with Gasteiger partial charge in [0.05, 0.1) is 0 Å². The van der Waals surface area contributed by atoms with Crippen LogP contribution in [0.3, 0.4) is 0 Å². The normalized spacial score (nSPS) is 32.9. The maximum atomic E-state index is 9.91. The Morgan fingerprint density at radius 3 is 2.33 bits per heavy atom. The van der Waals surface area contributed by atoms with Crippen molar-refractivity contribution in [1.29, 1.82) is 0 Å². The van der Waals surface area contributed by atoms with Crippen molar-refractivity contribution in [3.05, 3.63) is 24.3 Å². The highest BCUT2D eigenvalue weighted by atomic mass is 16.7. The number of aliphatic hydroxyl groups is 3. The molecular formula is C14H20O7. The molecule has 0 saturated carbocycles. The Balaban J connectivity index is 1.96. The summed E-state index contributed by atoms with van der Waals surface area (Å²) in [6, 6.07) is 6.07. The fraction of sp³-hybridized carbons (Fsp3) is 0.571. The van der Waals surface area contributed by atoms with Crippen molar-refractivity contribution in [3.8, 4) is 11.5 Å². The van der Waals surface area contributed by atoms with Crippen LogP contribution in [0, 0.1) is 0 Å². The van der Waals surface area contributed by atoms with Crippen LogP contribution in [-0.4, -0.2) is 64.3 Å². The Morgan fingerprint density at radius 2 is 1.71 bits per heavy atom. The molecule has 1 aliphatic heterocycles. The average Bonchev–Trinajstić information content (AvgIpc) is 2.48. The van der Waals surface area contributed by atoms with Crippen molar-refractivity contribution in [3.63, 3.8) is 0 Å². The SMILES string of the molecule is CCO[C@@H]1O[C@H](COc2ccc(O)cc2)[C@@H](O)[C@H](O)[C@H]1O. The fourth-order valence-corrected chi connectivity index (χ4v) is 2.08. The van der Waals surface area contributed by atoms with Crippen molar-refractivity contribution in [2.24, 2.45) is 0 Å². The van der Waals surface area contributed by atoms with Gasteiger partial charge in [0.2, 0.25) is 0 Å². The van der Waals surface area contributed by atoms with Gasteiger partial charge in [0.1, 0.15) is 42.5 Å². The van der Waals surface area contributed by atoms with E-state index in [9.17, 15) is 20.4 Å².